The summed E-state index contributed by atoms with van der Waals surface area (Å²) in [7, 11) is 0. The van der Waals surface area contributed by atoms with Gasteiger partial charge in [-0.1, -0.05) is 18.2 Å². The summed E-state index contributed by atoms with van der Waals surface area (Å²) in [4.78, 5) is 16.8. The van der Waals surface area contributed by atoms with Crippen molar-refractivity contribution in [3.63, 3.8) is 0 Å². The minimum absolute atomic E-state index is 0.0379. The zero-order valence-electron chi connectivity index (χ0n) is 13.7. The van der Waals surface area contributed by atoms with E-state index in [9.17, 15) is 18.0 Å². The van der Waals surface area contributed by atoms with Gasteiger partial charge in [-0.25, -0.2) is 0 Å². The third-order valence-electron chi connectivity index (χ3n) is 5.33. The number of alkyl halides is 3. The van der Waals surface area contributed by atoms with Crippen molar-refractivity contribution in [3.8, 4) is 0 Å². The highest BCUT2D eigenvalue weighted by atomic mass is 19.4. The SMILES string of the molecule is O=C1N(c2ccccc2)CCCC12CCN(CCC(F)(F)F)CC2. The van der Waals surface area contributed by atoms with Crippen LogP contribution in [0.3, 0.4) is 0 Å². The normalized spacial score (nSPS) is 22.1. The fourth-order valence-electron chi connectivity index (χ4n) is 3.88. The van der Waals surface area contributed by atoms with Gasteiger partial charge in [0, 0.05) is 18.8 Å². The molecule has 2 saturated heterocycles. The summed E-state index contributed by atoms with van der Waals surface area (Å²) in [6.07, 6.45) is -1.77. The van der Waals surface area contributed by atoms with Gasteiger partial charge >= 0.3 is 6.18 Å². The van der Waals surface area contributed by atoms with Crippen LogP contribution in [0.15, 0.2) is 30.3 Å². The summed E-state index contributed by atoms with van der Waals surface area (Å²) in [6.45, 7) is 1.91. The van der Waals surface area contributed by atoms with Crippen molar-refractivity contribution in [2.45, 2.75) is 38.3 Å². The van der Waals surface area contributed by atoms with Crippen LogP contribution in [0.5, 0.6) is 0 Å². The third kappa shape index (κ3) is 3.74. The minimum Gasteiger partial charge on any atom is -0.312 e. The average Bonchev–Trinajstić information content (AvgIpc) is 2.57. The Kier molecular flexibility index (Phi) is 4.85. The van der Waals surface area contributed by atoms with Crippen LogP contribution in [-0.2, 0) is 4.79 Å². The van der Waals surface area contributed by atoms with E-state index >= 15 is 0 Å². The lowest BCUT2D eigenvalue weighted by Crippen LogP contribution is -2.54. The lowest BCUT2D eigenvalue weighted by Gasteiger charge is -2.46. The zero-order chi connectivity index (χ0) is 17.2. The van der Waals surface area contributed by atoms with Crippen LogP contribution >= 0.6 is 0 Å². The summed E-state index contributed by atoms with van der Waals surface area (Å²) in [5.74, 6) is 0.149. The Morgan fingerprint density at radius 2 is 1.67 bits per heavy atom. The minimum atomic E-state index is -4.11. The maximum Gasteiger partial charge on any atom is 0.390 e. The Morgan fingerprint density at radius 3 is 2.29 bits per heavy atom. The molecule has 1 spiro atoms. The lowest BCUT2D eigenvalue weighted by atomic mass is 9.71. The first kappa shape index (κ1) is 17.3. The van der Waals surface area contributed by atoms with Crippen molar-refractivity contribution in [3.05, 3.63) is 30.3 Å². The summed E-state index contributed by atoms with van der Waals surface area (Å²) in [6, 6.07) is 9.64. The molecule has 3 rings (SSSR count). The Morgan fingerprint density at radius 1 is 1.00 bits per heavy atom. The predicted molar refractivity (Wildman–Crippen MR) is 86.8 cm³/mol. The molecule has 24 heavy (non-hydrogen) atoms. The maximum atomic E-state index is 13.1. The van der Waals surface area contributed by atoms with E-state index in [1.807, 2.05) is 40.1 Å². The van der Waals surface area contributed by atoms with Crippen LogP contribution in [0.1, 0.15) is 32.1 Å². The second-order valence-corrected chi connectivity index (χ2v) is 6.88. The van der Waals surface area contributed by atoms with Crippen LogP contribution in [0.25, 0.3) is 0 Å². The Labute approximate surface area is 140 Å². The number of amides is 1. The molecule has 0 atom stereocenters. The topological polar surface area (TPSA) is 23.6 Å². The highest BCUT2D eigenvalue weighted by molar-refractivity contribution is 5.98. The number of carbonyl (C=O) groups is 1. The van der Waals surface area contributed by atoms with Crippen LogP contribution in [0, 0.1) is 5.41 Å². The molecule has 3 nitrogen and oxygen atoms in total. The monoisotopic (exact) mass is 340 g/mol. The van der Waals surface area contributed by atoms with Gasteiger partial charge in [-0.15, -0.1) is 0 Å². The Balaban J connectivity index is 1.63. The molecule has 0 unspecified atom stereocenters. The summed E-state index contributed by atoms with van der Waals surface area (Å²) in [5.41, 5.74) is 0.532. The third-order valence-corrected chi connectivity index (χ3v) is 5.33. The fourth-order valence-corrected chi connectivity index (χ4v) is 3.88. The summed E-state index contributed by atoms with van der Waals surface area (Å²) < 4.78 is 37.1. The molecule has 1 amide bonds. The molecule has 2 aliphatic heterocycles. The van der Waals surface area contributed by atoms with Gasteiger partial charge in [0.25, 0.3) is 0 Å². The molecule has 0 saturated carbocycles. The molecule has 0 bridgehead atoms. The molecule has 2 heterocycles. The molecule has 6 heteroatoms. The van der Waals surface area contributed by atoms with E-state index in [0.29, 0.717) is 25.9 Å². The molecule has 2 fully saturated rings. The number of anilines is 1. The Hall–Kier alpha value is -1.56. The van der Waals surface area contributed by atoms with Crippen LogP contribution in [0.4, 0.5) is 18.9 Å². The fraction of sp³-hybridized carbons (Fsp3) is 0.611. The van der Waals surface area contributed by atoms with Crippen molar-refractivity contribution in [2.24, 2.45) is 5.41 Å². The van der Waals surface area contributed by atoms with Crippen molar-refractivity contribution in [1.82, 2.24) is 4.90 Å². The second-order valence-electron chi connectivity index (χ2n) is 6.88. The number of carbonyl (C=O) groups excluding carboxylic acids is 1. The number of hydrogen-bond acceptors (Lipinski definition) is 2. The predicted octanol–water partition coefficient (Wildman–Crippen LogP) is 3.85. The number of hydrogen-bond donors (Lipinski definition) is 0. The van der Waals surface area contributed by atoms with Gasteiger partial charge < -0.3 is 9.80 Å². The number of nitrogens with zero attached hydrogens (tertiary/aromatic N) is 2. The van der Waals surface area contributed by atoms with Gasteiger partial charge in [-0.05, 0) is 50.9 Å². The number of benzene rings is 1. The van der Waals surface area contributed by atoms with Crippen LogP contribution in [-0.4, -0.2) is 43.2 Å². The van der Waals surface area contributed by atoms with Crippen molar-refractivity contribution < 1.29 is 18.0 Å². The number of halogens is 3. The van der Waals surface area contributed by atoms with E-state index in [1.165, 1.54) is 0 Å². The van der Waals surface area contributed by atoms with Gasteiger partial charge in [-0.2, -0.15) is 13.2 Å². The van der Waals surface area contributed by atoms with E-state index in [1.54, 1.807) is 0 Å². The number of para-hydroxylation sites is 1. The molecule has 0 radical (unpaired) electrons. The van der Waals surface area contributed by atoms with Gasteiger partial charge in [-0.3, -0.25) is 4.79 Å². The van der Waals surface area contributed by atoms with Gasteiger partial charge in [0.1, 0.15) is 0 Å². The van der Waals surface area contributed by atoms with Gasteiger partial charge in [0.15, 0.2) is 0 Å². The Bertz CT molecular complexity index is 565. The van der Waals surface area contributed by atoms with Gasteiger partial charge in [0.05, 0.1) is 11.8 Å². The zero-order valence-corrected chi connectivity index (χ0v) is 13.7. The van der Waals surface area contributed by atoms with E-state index < -0.39 is 12.6 Å². The number of likely N-dealkylation sites (tertiary alicyclic amines) is 1. The molecular formula is C18H23F3N2O. The smallest absolute Gasteiger partial charge is 0.312 e. The molecule has 2 aliphatic rings. The van der Waals surface area contributed by atoms with E-state index in [-0.39, 0.29) is 17.9 Å². The van der Waals surface area contributed by atoms with Gasteiger partial charge in [0.2, 0.25) is 5.91 Å². The summed E-state index contributed by atoms with van der Waals surface area (Å²) >= 11 is 0. The highest BCUT2D eigenvalue weighted by Crippen LogP contribution is 2.42. The molecule has 132 valence electrons. The molecule has 0 N–H and O–H groups in total. The first-order chi connectivity index (χ1) is 11.4. The van der Waals surface area contributed by atoms with Crippen molar-refractivity contribution >= 4 is 11.6 Å². The van der Waals surface area contributed by atoms with E-state index in [2.05, 4.69) is 0 Å². The van der Waals surface area contributed by atoms with Crippen molar-refractivity contribution in [2.75, 3.05) is 31.1 Å². The second kappa shape index (κ2) is 6.75. The molecule has 1 aromatic rings. The van der Waals surface area contributed by atoms with Crippen LogP contribution in [0.2, 0.25) is 0 Å². The molecule has 0 aromatic heterocycles. The molecule has 0 aliphatic carbocycles. The van der Waals surface area contributed by atoms with Crippen LogP contribution < -0.4 is 4.90 Å². The average molecular weight is 340 g/mol. The number of piperidine rings is 2. The quantitative estimate of drug-likeness (QED) is 0.834. The summed E-state index contributed by atoms with van der Waals surface area (Å²) in [5, 5.41) is 0. The van der Waals surface area contributed by atoms with E-state index in [4.69, 9.17) is 0 Å². The number of rotatable bonds is 3. The van der Waals surface area contributed by atoms with Crippen molar-refractivity contribution in [1.29, 1.82) is 0 Å². The van der Waals surface area contributed by atoms with E-state index in [0.717, 1.165) is 25.1 Å². The lowest BCUT2D eigenvalue weighted by molar-refractivity contribution is -0.142. The maximum absolute atomic E-state index is 13.1. The molecular weight excluding hydrogens is 317 g/mol. The largest absolute Gasteiger partial charge is 0.390 e. The standard InChI is InChI=1S/C18H23F3N2O/c19-18(20,21)10-14-22-12-8-17(9-13-22)7-4-11-23(16(17)24)15-5-2-1-3-6-15/h1-3,5-6H,4,7-14H2. The first-order valence-corrected chi connectivity index (χ1v) is 8.56. The highest BCUT2D eigenvalue weighted by Gasteiger charge is 2.46. The first-order valence-electron chi connectivity index (χ1n) is 8.56. The molecule has 1 aromatic carbocycles.